The first-order chi connectivity index (χ1) is 11.1. The van der Waals surface area contributed by atoms with Crippen LogP contribution in [0.15, 0.2) is 21.9 Å². The number of aliphatic hydroxyl groups excluding tert-OH is 2. The molecule has 2 heterocycles. The van der Waals surface area contributed by atoms with Gasteiger partial charge in [-0.15, -0.1) is 0 Å². The van der Waals surface area contributed by atoms with E-state index in [2.05, 4.69) is 5.32 Å². The van der Waals surface area contributed by atoms with E-state index < -0.39 is 55.5 Å². The molecule has 1 aliphatic rings. The van der Waals surface area contributed by atoms with Gasteiger partial charge in [-0.25, -0.2) is 4.79 Å². The van der Waals surface area contributed by atoms with E-state index in [0.29, 0.717) is 0 Å². The van der Waals surface area contributed by atoms with Crippen LogP contribution in [0.5, 0.6) is 0 Å². The van der Waals surface area contributed by atoms with Gasteiger partial charge >= 0.3 is 13.3 Å². The Kier molecular flexibility index (Phi) is 5.38. The van der Waals surface area contributed by atoms with Crippen molar-refractivity contribution in [1.82, 2.24) is 14.9 Å². The lowest BCUT2D eigenvalue weighted by atomic mass is 10.1. The molecular weight excluding hydrogens is 349 g/mol. The van der Waals surface area contributed by atoms with Crippen LogP contribution in [-0.2, 0) is 14.1 Å². The van der Waals surface area contributed by atoms with Crippen LogP contribution in [-0.4, -0.2) is 66.5 Å². The number of carbonyl (C=O) groups excluding carboxylic acids is 1. The Morgan fingerprint density at radius 2 is 2.00 bits per heavy atom. The number of H-pyrrole nitrogens is 1. The zero-order valence-corrected chi connectivity index (χ0v) is 13.0. The molecule has 0 bridgehead atoms. The summed E-state index contributed by atoms with van der Waals surface area (Å²) in [6.07, 6.45) is -5.35. The van der Waals surface area contributed by atoms with Crippen molar-refractivity contribution in [2.24, 2.45) is 0 Å². The van der Waals surface area contributed by atoms with Crippen LogP contribution in [0.2, 0.25) is 0 Å². The summed E-state index contributed by atoms with van der Waals surface area (Å²) in [5.41, 5.74) is -1.50. The molecule has 13 heteroatoms. The lowest BCUT2D eigenvalue weighted by Gasteiger charge is -2.16. The summed E-state index contributed by atoms with van der Waals surface area (Å²) in [6.45, 7) is -0.342. The highest BCUT2D eigenvalue weighted by atomic mass is 31.2. The van der Waals surface area contributed by atoms with Gasteiger partial charge in [0, 0.05) is 18.8 Å². The number of aliphatic hydroxyl groups is 2. The summed E-state index contributed by atoms with van der Waals surface area (Å²) in [6, 6.07) is 1.03. The van der Waals surface area contributed by atoms with Crippen molar-refractivity contribution >= 4 is 13.5 Å². The molecule has 0 saturated carbocycles. The Hall–Kier alpha value is -1.82. The third-order valence-electron chi connectivity index (χ3n) is 3.31. The van der Waals surface area contributed by atoms with Gasteiger partial charge in [0.2, 0.25) is 5.91 Å². The highest BCUT2D eigenvalue weighted by Gasteiger charge is 2.44. The monoisotopic (exact) mass is 365 g/mol. The maximum atomic E-state index is 11.7. The van der Waals surface area contributed by atoms with E-state index in [1.807, 2.05) is 4.98 Å². The minimum Gasteiger partial charge on any atom is -0.387 e. The molecule has 1 saturated heterocycles. The lowest BCUT2D eigenvalue weighted by Crippen LogP contribution is -2.40. The molecule has 0 unspecified atom stereocenters. The molecule has 0 aromatic carbocycles. The Balaban J connectivity index is 2.05. The van der Waals surface area contributed by atoms with E-state index in [0.717, 1.165) is 16.8 Å². The van der Waals surface area contributed by atoms with Gasteiger partial charge in [0.1, 0.15) is 24.5 Å². The van der Waals surface area contributed by atoms with Crippen LogP contribution in [0.4, 0.5) is 0 Å². The molecule has 134 valence electrons. The van der Waals surface area contributed by atoms with Crippen LogP contribution in [0.3, 0.4) is 0 Å². The molecule has 6 N–H and O–H groups in total. The van der Waals surface area contributed by atoms with Crippen LogP contribution in [0.25, 0.3) is 0 Å². The third-order valence-corrected chi connectivity index (χ3v) is 4.01. The molecule has 4 atom stereocenters. The van der Waals surface area contributed by atoms with Crippen LogP contribution < -0.4 is 16.6 Å². The van der Waals surface area contributed by atoms with Gasteiger partial charge in [0.25, 0.3) is 5.56 Å². The highest BCUT2D eigenvalue weighted by Crippen LogP contribution is 2.33. The van der Waals surface area contributed by atoms with Crippen molar-refractivity contribution < 1.29 is 34.1 Å². The predicted molar refractivity (Wildman–Crippen MR) is 77.2 cm³/mol. The number of rotatable bonds is 5. The van der Waals surface area contributed by atoms with Crippen LogP contribution in [0, 0.1) is 0 Å². The molecular formula is C11H16N3O9P. The van der Waals surface area contributed by atoms with Crippen molar-refractivity contribution in [2.45, 2.75) is 24.5 Å². The summed E-state index contributed by atoms with van der Waals surface area (Å²) >= 11 is 0. The Bertz CT molecular complexity index is 768. The molecule has 1 fully saturated rings. The van der Waals surface area contributed by atoms with E-state index in [1.165, 1.54) is 0 Å². The summed E-state index contributed by atoms with van der Waals surface area (Å²) in [5.74, 6) is -0.960. The van der Waals surface area contributed by atoms with E-state index in [4.69, 9.17) is 14.5 Å². The molecule has 1 aromatic heterocycles. The number of hydrogen-bond acceptors (Lipinski definition) is 7. The number of aromatic amines is 1. The zero-order chi connectivity index (χ0) is 18.1. The topological polar surface area (TPSA) is 191 Å². The molecule has 0 spiro atoms. The van der Waals surface area contributed by atoms with Crippen LogP contribution >= 0.6 is 7.60 Å². The van der Waals surface area contributed by atoms with Gasteiger partial charge in [0.15, 0.2) is 6.23 Å². The highest BCUT2D eigenvalue weighted by molar-refractivity contribution is 7.52. The lowest BCUT2D eigenvalue weighted by molar-refractivity contribution is -0.120. The summed E-state index contributed by atoms with van der Waals surface area (Å²) < 4.78 is 16.9. The van der Waals surface area contributed by atoms with E-state index in [-0.39, 0.29) is 6.54 Å². The van der Waals surface area contributed by atoms with Gasteiger partial charge in [-0.3, -0.25) is 23.7 Å². The van der Waals surface area contributed by atoms with Crippen molar-refractivity contribution in [3.8, 4) is 0 Å². The van der Waals surface area contributed by atoms with Gasteiger partial charge in [-0.1, -0.05) is 0 Å². The fraction of sp³-hybridized carbons (Fsp3) is 0.545. The average molecular weight is 365 g/mol. The second-order valence-electron chi connectivity index (χ2n) is 5.19. The second kappa shape index (κ2) is 6.97. The predicted octanol–water partition coefficient (Wildman–Crippen LogP) is -3.55. The number of aromatic nitrogens is 2. The minimum absolute atomic E-state index is 0.342. The first kappa shape index (κ1) is 18.5. The fourth-order valence-electron chi connectivity index (χ4n) is 2.21. The van der Waals surface area contributed by atoms with Gasteiger partial charge < -0.3 is 30.1 Å². The van der Waals surface area contributed by atoms with Crippen molar-refractivity contribution in [1.29, 1.82) is 0 Å². The number of hydrogen-bond donors (Lipinski definition) is 6. The number of amides is 1. The summed E-state index contributed by atoms with van der Waals surface area (Å²) in [7, 11) is -4.53. The Labute approximate surface area is 133 Å². The van der Waals surface area contributed by atoms with Gasteiger partial charge in [-0.2, -0.15) is 0 Å². The van der Waals surface area contributed by atoms with Gasteiger partial charge in [0.05, 0.1) is 0 Å². The molecule has 12 nitrogen and oxygen atoms in total. The number of carbonyl (C=O) groups is 1. The quantitative estimate of drug-likeness (QED) is 0.287. The number of nitrogens with zero attached hydrogens (tertiary/aromatic N) is 1. The maximum absolute atomic E-state index is 11.7. The minimum atomic E-state index is -4.53. The molecule has 24 heavy (non-hydrogen) atoms. The Morgan fingerprint density at radius 3 is 2.58 bits per heavy atom. The van der Waals surface area contributed by atoms with Crippen LogP contribution in [0.1, 0.15) is 6.23 Å². The first-order valence-electron chi connectivity index (χ1n) is 6.73. The van der Waals surface area contributed by atoms with E-state index in [1.54, 1.807) is 0 Å². The van der Waals surface area contributed by atoms with Crippen molar-refractivity contribution in [2.75, 3.05) is 12.7 Å². The second-order valence-corrected chi connectivity index (χ2v) is 6.84. The average Bonchev–Trinajstić information content (AvgIpc) is 2.71. The number of ether oxygens (including phenoxy) is 1. The Morgan fingerprint density at radius 1 is 1.33 bits per heavy atom. The normalized spacial score (nSPS) is 27.2. The molecule has 1 aliphatic heterocycles. The van der Waals surface area contributed by atoms with Crippen molar-refractivity contribution in [3.05, 3.63) is 33.1 Å². The van der Waals surface area contributed by atoms with Gasteiger partial charge in [-0.05, 0) is 0 Å². The smallest absolute Gasteiger partial charge is 0.334 e. The molecule has 0 aliphatic carbocycles. The van der Waals surface area contributed by atoms with E-state index in [9.17, 15) is 29.2 Å². The SMILES string of the molecule is O=C(CP(=O)(O)O)NC[C@H]1O[C@@H](n2ccc(=O)[nH]c2=O)[C@@H](O)[C@@H]1O. The van der Waals surface area contributed by atoms with Crippen molar-refractivity contribution in [3.63, 3.8) is 0 Å². The largest absolute Gasteiger partial charge is 0.387 e. The van der Waals surface area contributed by atoms with E-state index >= 15 is 0 Å². The molecule has 1 aromatic rings. The summed E-state index contributed by atoms with van der Waals surface area (Å²) in [4.78, 5) is 53.4. The summed E-state index contributed by atoms with van der Waals surface area (Å²) in [5, 5.41) is 22.0. The third kappa shape index (κ3) is 4.38. The first-order valence-corrected chi connectivity index (χ1v) is 8.52. The maximum Gasteiger partial charge on any atom is 0.334 e. The molecule has 2 rings (SSSR count). The molecule has 1 amide bonds. The zero-order valence-electron chi connectivity index (χ0n) is 12.1. The standard InChI is InChI=1S/C11H16N3O9P/c15-6-1-2-14(11(19)13-6)10-9(18)8(17)5(23-10)3-12-7(16)4-24(20,21)22/h1-2,5,8-10,17-18H,3-4H2,(H,12,16)(H,13,15,19)(H2,20,21,22)/t5-,8-,9+,10-/m1/s1. The molecule has 0 radical (unpaired) electrons. The fourth-order valence-corrected chi connectivity index (χ4v) is 2.70. The number of nitrogens with one attached hydrogen (secondary N) is 2.